The standard InChI is InChI=1S/C27H30F3N3O7/c1-33(2)20-14-6-11-5-13-17(15(34)7-12(19(13)27(28,29)30)9-32-8-10-3-4-10)21(35)16(11)23(37)26(14,40)24(38)18(22(20)36)25(31)39/h7,10-11,14,20,32,34-35,38,40H,3-6,8-9H2,1-2H3,(H2,31,39)/t11-,14-,20-,26-/m0/s1. The number of fused-ring (bicyclic) bond motifs is 3. The summed E-state index contributed by atoms with van der Waals surface area (Å²) < 4.78 is 43.4. The molecule has 7 N–H and O–H groups in total. The first kappa shape index (κ1) is 28.1. The molecule has 2 fully saturated rings. The number of likely N-dealkylation sites (N-methyl/N-ethyl adjacent to an activating group) is 1. The number of nitrogens with two attached hydrogens (primary N) is 1. The molecule has 0 heterocycles. The number of aliphatic hydroxyl groups is 3. The molecule has 4 atom stereocenters. The van der Waals surface area contributed by atoms with Crippen LogP contribution in [0.15, 0.2) is 23.0 Å². The SMILES string of the molecule is CN(C)[C@@H]1C(=O)C(C(N)=O)=C(O)[C@@]2(O)C(=O)C3=C(O)c4c(O)cc(CNCC5CC5)c(C(F)(F)F)c4C[C@H]3C[C@@H]12. The molecule has 4 aliphatic rings. The van der Waals surface area contributed by atoms with Crippen LogP contribution in [0, 0.1) is 17.8 Å². The molecule has 1 amide bonds. The monoisotopic (exact) mass is 565 g/mol. The molecule has 0 aromatic heterocycles. The van der Waals surface area contributed by atoms with Gasteiger partial charge in [-0.25, -0.2) is 0 Å². The normalized spacial score (nSPS) is 28.5. The van der Waals surface area contributed by atoms with Gasteiger partial charge >= 0.3 is 6.18 Å². The maximum atomic E-state index is 14.5. The zero-order valence-corrected chi connectivity index (χ0v) is 21.8. The Kier molecular flexibility index (Phi) is 6.55. The van der Waals surface area contributed by atoms with Crippen molar-refractivity contribution in [2.75, 3.05) is 20.6 Å². The van der Waals surface area contributed by atoms with Crippen LogP contribution in [-0.4, -0.2) is 75.1 Å². The molecule has 0 radical (unpaired) electrons. The molecule has 0 saturated heterocycles. The Balaban J connectivity index is 1.68. The van der Waals surface area contributed by atoms with Crippen molar-refractivity contribution < 1.29 is 48.0 Å². The van der Waals surface area contributed by atoms with Crippen LogP contribution in [0.1, 0.15) is 41.5 Å². The third-order valence-electron chi connectivity index (χ3n) is 8.53. The zero-order chi connectivity index (χ0) is 29.5. The average molecular weight is 566 g/mol. The summed E-state index contributed by atoms with van der Waals surface area (Å²) in [5.74, 6) is -8.59. The topological polar surface area (TPSA) is 173 Å². The molecular formula is C27H30F3N3O7. The number of rotatable bonds is 6. The fourth-order valence-electron chi connectivity index (χ4n) is 6.61. The highest BCUT2D eigenvalue weighted by Gasteiger charge is 2.64. The number of benzene rings is 1. The van der Waals surface area contributed by atoms with E-state index in [0.717, 1.165) is 18.9 Å². The Bertz CT molecular complexity index is 1400. The Hall–Kier alpha value is -3.42. The fourth-order valence-corrected chi connectivity index (χ4v) is 6.61. The van der Waals surface area contributed by atoms with E-state index in [-0.39, 0.29) is 18.5 Å². The number of nitrogens with zero attached hydrogens (tertiary/aromatic N) is 1. The Morgan fingerprint density at radius 3 is 2.40 bits per heavy atom. The minimum atomic E-state index is -4.87. The number of aliphatic hydroxyl groups excluding tert-OH is 2. The number of hydrogen-bond acceptors (Lipinski definition) is 9. The molecule has 0 spiro atoms. The number of hydrogen-bond donors (Lipinski definition) is 6. The molecule has 10 nitrogen and oxygen atoms in total. The van der Waals surface area contributed by atoms with E-state index in [0.29, 0.717) is 12.5 Å². The fraction of sp³-hybridized carbons (Fsp3) is 0.519. The van der Waals surface area contributed by atoms with Crippen molar-refractivity contribution in [3.8, 4) is 5.75 Å². The number of ketones is 2. The van der Waals surface area contributed by atoms with Gasteiger partial charge in [-0.3, -0.25) is 19.3 Å². The van der Waals surface area contributed by atoms with Crippen LogP contribution in [0.2, 0.25) is 0 Å². The third-order valence-corrected chi connectivity index (χ3v) is 8.53. The molecule has 216 valence electrons. The van der Waals surface area contributed by atoms with Gasteiger partial charge < -0.3 is 31.5 Å². The predicted octanol–water partition coefficient (Wildman–Crippen LogP) is 1.48. The summed E-state index contributed by atoms with van der Waals surface area (Å²) in [4.78, 5) is 40.3. The number of halogens is 3. The highest BCUT2D eigenvalue weighted by Crippen LogP contribution is 2.54. The Morgan fingerprint density at radius 1 is 1.20 bits per heavy atom. The Morgan fingerprint density at radius 2 is 1.85 bits per heavy atom. The van der Waals surface area contributed by atoms with Crippen LogP contribution >= 0.6 is 0 Å². The summed E-state index contributed by atoms with van der Waals surface area (Å²) in [7, 11) is 2.88. The summed E-state index contributed by atoms with van der Waals surface area (Å²) in [6, 6.07) is -0.432. The third kappa shape index (κ3) is 4.10. The number of nitrogens with one attached hydrogen (secondary N) is 1. The lowest BCUT2D eigenvalue weighted by atomic mass is 9.57. The molecule has 4 aliphatic carbocycles. The van der Waals surface area contributed by atoms with E-state index in [4.69, 9.17) is 5.73 Å². The number of phenols is 1. The molecule has 40 heavy (non-hydrogen) atoms. The smallest absolute Gasteiger partial charge is 0.417 e. The van der Waals surface area contributed by atoms with Crippen LogP contribution in [0.3, 0.4) is 0 Å². The van der Waals surface area contributed by atoms with Gasteiger partial charge in [0.2, 0.25) is 5.78 Å². The van der Waals surface area contributed by atoms with Crippen LogP contribution in [0.5, 0.6) is 5.75 Å². The molecule has 13 heteroatoms. The number of alkyl halides is 3. The van der Waals surface area contributed by atoms with Crippen molar-refractivity contribution >= 4 is 23.2 Å². The lowest BCUT2D eigenvalue weighted by Crippen LogP contribution is -2.65. The second-order valence-electron chi connectivity index (χ2n) is 11.3. The van der Waals surface area contributed by atoms with Crippen molar-refractivity contribution in [2.24, 2.45) is 23.5 Å². The molecule has 1 aromatic rings. The van der Waals surface area contributed by atoms with Gasteiger partial charge in [-0.05, 0) is 75.4 Å². The van der Waals surface area contributed by atoms with E-state index in [9.17, 15) is 48.0 Å². The lowest BCUT2D eigenvalue weighted by molar-refractivity contribution is -0.153. The first-order chi connectivity index (χ1) is 18.6. The van der Waals surface area contributed by atoms with Crippen LogP contribution in [-0.2, 0) is 33.5 Å². The highest BCUT2D eigenvalue weighted by molar-refractivity contribution is 6.24. The molecule has 1 aromatic carbocycles. The molecular weight excluding hydrogens is 535 g/mol. The van der Waals surface area contributed by atoms with Crippen molar-refractivity contribution in [3.63, 3.8) is 0 Å². The van der Waals surface area contributed by atoms with Gasteiger partial charge in [-0.15, -0.1) is 0 Å². The second kappa shape index (κ2) is 9.32. The minimum absolute atomic E-state index is 0.179. The van der Waals surface area contributed by atoms with Crippen molar-refractivity contribution in [1.82, 2.24) is 10.2 Å². The van der Waals surface area contributed by atoms with E-state index < -0.39 is 98.7 Å². The lowest BCUT2D eigenvalue weighted by Gasteiger charge is -2.50. The maximum Gasteiger partial charge on any atom is 0.417 e. The number of aromatic hydroxyl groups is 1. The first-order valence-corrected chi connectivity index (χ1v) is 12.9. The molecule has 0 unspecified atom stereocenters. The van der Waals surface area contributed by atoms with Gasteiger partial charge in [-0.1, -0.05) is 0 Å². The van der Waals surface area contributed by atoms with Gasteiger partial charge in [-0.2, -0.15) is 13.2 Å². The summed E-state index contributed by atoms with van der Waals surface area (Å²) >= 11 is 0. The van der Waals surface area contributed by atoms with Gasteiger partial charge in [0.15, 0.2) is 11.4 Å². The number of amides is 1. The first-order valence-electron chi connectivity index (χ1n) is 12.9. The summed E-state index contributed by atoms with van der Waals surface area (Å²) in [6.07, 6.45) is -3.62. The van der Waals surface area contributed by atoms with E-state index >= 15 is 0 Å². The largest absolute Gasteiger partial charge is 0.508 e. The number of phenolic OH excluding ortho intramolecular Hbond substituents is 1. The highest BCUT2D eigenvalue weighted by atomic mass is 19.4. The van der Waals surface area contributed by atoms with Gasteiger partial charge in [0, 0.05) is 18.0 Å². The van der Waals surface area contributed by atoms with E-state index in [1.54, 1.807) is 0 Å². The summed E-state index contributed by atoms with van der Waals surface area (Å²) in [5.41, 5.74) is -1.30. The van der Waals surface area contributed by atoms with Crippen molar-refractivity contribution in [2.45, 2.75) is 50.0 Å². The van der Waals surface area contributed by atoms with Gasteiger partial charge in [0.05, 0.1) is 17.2 Å². The van der Waals surface area contributed by atoms with Crippen molar-refractivity contribution in [3.05, 3.63) is 45.2 Å². The number of primary amides is 1. The van der Waals surface area contributed by atoms with Crippen LogP contribution < -0.4 is 11.1 Å². The van der Waals surface area contributed by atoms with Crippen LogP contribution in [0.4, 0.5) is 13.2 Å². The zero-order valence-electron chi connectivity index (χ0n) is 21.8. The van der Waals surface area contributed by atoms with E-state index in [1.807, 2.05) is 0 Å². The summed E-state index contributed by atoms with van der Waals surface area (Å²) in [5, 5.41) is 47.4. The van der Waals surface area contributed by atoms with Crippen LogP contribution in [0.25, 0.3) is 5.76 Å². The Labute approximate surface area is 227 Å². The molecule has 5 rings (SSSR count). The number of carbonyl (C=O) groups is 3. The van der Waals surface area contributed by atoms with Gasteiger partial charge in [0.25, 0.3) is 5.91 Å². The number of Topliss-reactive ketones (excluding diaryl/α,β-unsaturated/α-hetero) is 2. The predicted molar refractivity (Wildman–Crippen MR) is 134 cm³/mol. The van der Waals surface area contributed by atoms with Gasteiger partial charge in [0.1, 0.15) is 22.8 Å². The summed E-state index contributed by atoms with van der Waals surface area (Å²) in [6.45, 7) is 0.341. The maximum absolute atomic E-state index is 14.5. The molecule has 0 aliphatic heterocycles. The quantitative estimate of drug-likeness (QED) is 0.279. The minimum Gasteiger partial charge on any atom is -0.508 e. The average Bonchev–Trinajstić information content (AvgIpc) is 3.64. The molecule has 0 bridgehead atoms. The number of carbonyl (C=O) groups excluding carboxylic acids is 3. The van der Waals surface area contributed by atoms with E-state index in [1.165, 1.54) is 19.0 Å². The van der Waals surface area contributed by atoms with Crippen molar-refractivity contribution in [1.29, 1.82) is 0 Å². The van der Waals surface area contributed by atoms with E-state index in [2.05, 4.69) is 5.32 Å². The molecule has 2 saturated carbocycles. The second-order valence-corrected chi connectivity index (χ2v) is 11.3.